The lowest BCUT2D eigenvalue weighted by Gasteiger charge is -2.36. The van der Waals surface area contributed by atoms with Gasteiger partial charge in [0.05, 0.1) is 8.07 Å². The second-order valence-corrected chi connectivity index (χ2v) is 12.8. The van der Waals surface area contributed by atoms with Crippen LogP contribution in [0.15, 0.2) is 35.5 Å². The number of carbonyl (C=O) groups is 2. The molecule has 1 saturated carbocycles. The summed E-state index contributed by atoms with van der Waals surface area (Å²) < 4.78 is 0. The predicted molar refractivity (Wildman–Crippen MR) is 85.1 cm³/mol. The van der Waals surface area contributed by atoms with Gasteiger partial charge in [-0.1, -0.05) is 55.2 Å². The number of allylic oxidation sites excluding steroid dienone is 2. The highest BCUT2D eigenvalue weighted by atomic mass is 28.3. The molecule has 0 unspecified atom stereocenters. The number of hydrogen-bond acceptors (Lipinski definition) is 2. The summed E-state index contributed by atoms with van der Waals surface area (Å²) in [4.78, 5) is 25.8. The molecular formula is C18H20O2Si. The third-order valence-electron chi connectivity index (χ3n) is 5.53. The van der Waals surface area contributed by atoms with Crippen molar-refractivity contribution in [3.8, 4) is 0 Å². The lowest BCUT2D eigenvalue weighted by atomic mass is 9.69. The molecule has 0 saturated heterocycles. The average molecular weight is 296 g/mol. The standard InChI is InChI=1S/C18H20O2Si/c1-21(2,3)14-9-10-8-13(14)16-15(10)17(19)11-6-4-5-7-12(11)18(16)20/h4-7,9-10,13,15-16H,8H2,1-3H3/t10-,13+,15+,16-/m1/s1. The van der Waals surface area contributed by atoms with E-state index < -0.39 is 8.07 Å². The molecule has 108 valence electrons. The molecule has 2 nitrogen and oxygen atoms in total. The van der Waals surface area contributed by atoms with Gasteiger partial charge in [0.25, 0.3) is 0 Å². The van der Waals surface area contributed by atoms with Gasteiger partial charge in [-0.2, -0.15) is 0 Å². The van der Waals surface area contributed by atoms with Crippen LogP contribution in [0.2, 0.25) is 19.6 Å². The van der Waals surface area contributed by atoms with Gasteiger partial charge in [-0.25, -0.2) is 0 Å². The maximum atomic E-state index is 12.9. The summed E-state index contributed by atoms with van der Waals surface area (Å²) in [7, 11) is -1.40. The summed E-state index contributed by atoms with van der Waals surface area (Å²) in [6.45, 7) is 7.03. The zero-order chi connectivity index (χ0) is 14.9. The van der Waals surface area contributed by atoms with Gasteiger partial charge in [-0.15, -0.1) is 0 Å². The molecule has 1 aromatic rings. The average Bonchev–Trinajstić information content (AvgIpc) is 3.02. The Hall–Kier alpha value is -1.48. The first-order chi connectivity index (χ1) is 9.89. The third-order valence-corrected chi connectivity index (χ3v) is 7.80. The highest BCUT2D eigenvalue weighted by molar-refractivity contribution is 6.83. The zero-order valence-electron chi connectivity index (χ0n) is 12.7. The number of hydrogen-bond donors (Lipinski definition) is 0. The van der Waals surface area contributed by atoms with E-state index in [4.69, 9.17) is 0 Å². The van der Waals surface area contributed by atoms with Crippen LogP contribution in [0.3, 0.4) is 0 Å². The van der Waals surface area contributed by atoms with Gasteiger partial charge in [-0.3, -0.25) is 9.59 Å². The van der Waals surface area contributed by atoms with Crippen molar-refractivity contribution in [1.82, 2.24) is 0 Å². The number of carbonyl (C=O) groups excluding carboxylic acids is 2. The van der Waals surface area contributed by atoms with E-state index in [2.05, 4.69) is 25.7 Å². The normalized spacial score (nSPS) is 33.8. The lowest BCUT2D eigenvalue weighted by Crippen LogP contribution is -2.43. The Morgan fingerprint density at radius 2 is 1.52 bits per heavy atom. The molecule has 2 bridgehead atoms. The van der Waals surface area contributed by atoms with E-state index in [9.17, 15) is 9.59 Å². The number of Topliss-reactive ketones (excluding diaryl/α,β-unsaturated/α-hetero) is 2. The maximum Gasteiger partial charge on any atom is 0.168 e. The van der Waals surface area contributed by atoms with Crippen LogP contribution in [0.4, 0.5) is 0 Å². The van der Waals surface area contributed by atoms with E-state index in [1.165, 1.54) is 5.20 Å². The molecule has 0 heterocycles. The molecule has 1 aromatic carbocycles. The SMILES string of the molecule is C[Si](C)(C)C1=C[C@H]2C[C@@H]1[C@H]1C(=O)c3ccccc3C(=O)[C@H]12. The van der Waals surface area contributed by atoms with Gasteiger partial charge in [-0.05, 0) is 18.3 Å². The van der Waals surface area contributed by atoms with Crippen molar-refractivity contribution in [1.29, 1.82) is 0 Å². The molecule has 4 rings (SSSR count). The topological polar surface area (TPSA) is 34.1 Å². The van der Waals surface area contributed by atoms with Crippen molar-refractivity contribution in [2.24, 2.45) is 23.7 Å². The molecule has 0 aliphatic heterocycles. The second kappa shape index (κ2) is 4.04. The molecule has 0 radical (unpaired) electrons. The van der Waals surface area contributed by atoms with Crippen LogP contribution in [-0.2, 0) is 0 Å². The monoisotopic (exact) mass is 296 g/mol. The smallest absolute Gasteiger partial charge is 0.168 e. The predicted octanol–water partition coefficient (Wildman–Crippen LogP) is 3.75. The highest BCUT2D eigenvalue weighted by Gasteiger charge is 2.58. The number of rotatable bonds is 1. The molecule has 0 aromatic heterocycles. The van der Waals surface area contributed by atoms with E-state index in [0.717, 1.165) is 6.42 Å². The molecule has 4 atom stereocenters. The number of ketones is 2. The van der Waals surface area contributed by atoms with Gasteiger partial charge in [0.15, 0.2) is 11.6 Å². The van der Waals surface area contributed by atoms with Crippen molar-refractivity contribution >= 4 is 19.6 Å². The summed E-state index contributed by atoms with van der Waals surface area (Å²) in [6.07, 6.45) is 3.37. The minimum absolute atomic E-state index is 0.0795. The number of fused-ring (bicyclic) bond motifs is 6. The molecule has 21 heavy (non-hydrogen) atoms. The van der Waals surface area contributed by atoms with Crippen molar-refractivity contribution in [3.05, 3.63) is 46.7 Å². The van der Waals surface area contributed by atoms with Crippen LogP contribution in [0, 0.1) is 23.7 Å². The Morgan fingerprint density at radius 3 is 2.10 bits per heavy atom. The highest BCUT2D eigenvalue weighted by Crippen LogP contribution is 2.57. The third kappa shape index (κ3) is 1.64. The summed E-state index contributed by atoms with van der Waals surface area (Å²) in [5.74, 6) is 0.879. The van der Waals surface area contributed by atoms with E-state index in [0.29, 0.717) is 23.0 Å². The van der Waals surface area contributed by atoms with Crippen molar-refractivity contribution in [2.75, 3.05) is 0 Å². The number of benzene rings is 1. The van der Waals surface area contributed by atoms with Crippen molar-refractivity contribution < 1.29 is 9.59 Å². The first-order valence-electron chi connectivity index (χ1n) is 7.79. The Labute approximate surface area is 126 Å². The van der Waals surface area contributed by atoms with Gasteiger partial charge >= 0.3 is 0 Å². The first-order valence-corrected chi connectivity index (χ1v) is 11.3. The Balaban J connectivity index is 1.84. The second-order valence-electron chi connectivity index (χ2n) is 7.70. The van der Waals surface area contributed by atoms with Crippen molar-refractivity contribution in [3.63, 3.8) is 0 Å². The van der Waals surface area contributed by atoms with Crippen molar-refractivity contribution in [2.45, 2.75) is 26.1 Å². The molecule has 0 amide bonds. The molecule has 3 heteroatoms. The fraction of sp³-hybridized carbons (Fsp3) is 0.444. The summed E-state index contributed by atoms with van der Waals surface area (Å²) in [5.41, 5.74) is 1.31. The largest absolute Gasteiger partial charge is 0.294 e. The van der Waals surface area contributed by atoms with Crippen LogP contribution in [0.25, 0.3) is 0 Å². The van der Waals surface area contributed by atoms with E-state index in [1.54, 1.807) is 0 Å². The van der Waals surface area contributed by atoms with Gasteiger partial charge in [0.1, 0.15) is 0 Å². The van der Waals surface area contributed by atoms with Gasteiger partial charge in [0, 0.05) is 23.0 Å². The summed E-state index contributed by atoms with van der Waals surface area (Å²) in [6, 6.07) is 7.38. The van der Waals surface area contributed by atoms with E-state index in [-0.39, 0.29) is 23.4 Å². The Morgan fingerprint density at radius 1 is 0.952 bits per heavy atom. The lowest BCUT2D eigenvalue weighted by molar-refractivity contribution is 0.0718. The maximum absolute atomic E-state index is 12.9. The fourth-order valence-corrected chi connectivity index (χ4v) is 6.85. The molecule has 3 aliphatic carbocycles. The van der Waals surface area contributed by atoms with Crippen LogP contribution >= 0.6 is 0 Å². The minimum atomic E-state index is -1.40. The van der Waals surface area contributed by atoms with Crippen LogP contribution < -0.4 is 0 Å². The zero-order valence-corrected chi connectivity index (χ0v) is 13.7. The fourth-order valence-electron chi connectivity index (χ4n) is 4.73. The van der Waals surface area contributed by atoms with Gasteiger partial charge < -0.3 is 0 Å². The molecule has 0 N–H and O–H groups in total. The van der Waals surface area contributed by atoms with E-state index >= 15 is 0 Å². The van der Waals surface area contributed by atoms with E-state index in [1.807, 2.05) is 24.3 Å². The van der Waals surface area contributed by atoms with Gasteiger partial charge in [0.2, 0.25) is 0 Å². The molecule has 1 fully saturated rings. The molecule has 3 aliphatic rings. The minimum Gasteiger partial charge on any atom is -0.294 e. The summed E-state index contributed by atoms with van der Waals surface area (Å²) >= 11 is 0. The summed E-state index contributed by atoms with van der Waals surface area (Å²) in [5, 5.41) is 1.52. The molecular weight excluding hydrogens is 276 g/mol. The Kier molecular flexibility index (Phi) is 2.54. The van der Waals surface area contributed by atoms with Crippen LogP contribution in [0.5, 0.6) is 0 Å². The van der Waals surface area contributed by atoms with Crippen LogP contribution in [-0.4, -0.2) is 19.6 Å². The molecule has 0 spiro atoms. The van der Waals surface area contributed by atoms with Crippen LogP contribution in [0.1, 0.15) is 27.1 Å². The first kappa shape index (κ1) is 13.2. The quantitative estimate of drug-likeness (QED) is 0.740. The Bertz CT molecular complexity index is 695.